The Bertz CT molecular complexity index is 2650. The number of methoxy groups -OCH3 is 3. The number of carbonyl (C=O) groups excluding carboxylic acids is 4. The van der Waals surface area contributed by atoms with Crippen molar-refractivity contribution in [2.45, 2.75) is 99.5 Å². The van der Waals surface area contributed by atoms with Crippen molar-refractivity contribution >= 4 is 40.4 Å². The summed E-state index contributed by atoms with van der Waals surface area (Å²) in [5.74, 6) is -2.03. The number of esters is 3. The Morgan fingerprint density at radius 3 is 2.48 bits per heavy atom. The highest BCUT2D eigenvalue weighted by Crippen LogP contribution is 2.68. The molecule has 2 aromatic heterocycles. The molecule has 1 saturated carbocycles. The fourth-order valence-corrected chi connectivity index (χ4v) is 14.3. The lowest BCUT2D eigenvalue weighted by molar-refractivity contribution is -0.228. The van der Waals surface area contributed by atoms with Crippen LogP contribution in [0.3, 0.4) is 0 Å². The van der Waals surface area contributed by atoms with Gasteiger partial charge in [0.05, 0.1) is 32.9 Å². The molecular weight excluding hydrogens is 845 g/mol. The summed E-state index contributed by atoms with van der Waals surface area (Å²) in [7, 11) is 6.12. The zero-order chi connectivity index (χ0) is 46.6. The van der Waals surface area contributed by atoms with Crippen LogP contribution in [0, 0.1) is 11.3 Å². The second-order valence-corrected chi connectivity index (χ2v) is 19.6. The molecule has 16 heteroatoms. The van der Waals surface area contributed by atoms with Crippen LogP contribution in [0.2, 0.25) is 0 Å². The maximum Gasteiger partial charge on any atom is 0.344 e. The fraction of sp³-hybridized carbons (Fsp3) is 0.540. The number of nitrogens with one attached hydrogen (secondary N) is 2. The van der Waals surface area contributed by atoms with E-state index in [1.54, 1.807) is 7.11 Å². The predicted molar refractivity (Wildman–Crippen MR) is 242 cm³/mol. The molecule has 2 bridgehead atoms. The number of hydrogen-bond donors (Lipinski definition) is 3. The Morgan fingerprint density at radius 1 is 1.00 bits per heavy atom. The summed E-state index contributed by atoms with van der Waals surface area (Å²) < 4.78 is 29.3. The van der Waals surface area contributed by atoms with Gasteiger partial charge in [-0.25, -0.2) is 9.78 Å². The van der Waals surface area contributed by atoms with Crippen LogP contribution < -0.4 is 15.0 Å². The molecule has 6 aliphatic rings. The highest BCUT2D eigenvalue weighted by molar-refractivity contribution is 5.95. The van der Waals surface area contributed by atoms with Gasteiger partial charge in [-0.2, -0.15) is 0 Å². The first kappa shape index (κ1) is 44.1. The number of oxazole rings is 1. The molecule has 2 saturated heterocycles. The van der Waals surface area contributed by atoms with Gasteiger partial charge in [-0.05, 0) is 74.2 Å². The molecule has 7 heterocycles. The molecule has 2 aromatic carbocycles. The summed E-state index contributed by atoms with van der Waals surface area (Å²) in [5.41, 5.74) is -1.50. The number of fused-ring (bicyclic) bond motifs is 6. The zero-order valence-corrected chi connectivity index (χ0v) is 38.8. The summed E-state index contributed by atoms with van der Waals surface area (Å²) in [5, 5.41) is 17.8. The van der Waals surface area contributed by atoms with E-state index in [4.69, 9.17) is 23.4 Å². The van der Waals surface area contributed by atoms with Crippen LogP contribution in [0.4, 0.5) is 5.69 Å². The summed E-state index contributed by atoms with van der Waals surface area (Å²) in [6, 6.07) is 10.8. The quantitative estimate of drug-likeness (QED) is 0.122. The summed E-state index contributed by atoms with van der Waals surface area (Å²) in [4.78, 5) is 71.6. The average Bonchev–Trinajstić information content (AvgIpc) is 4.13. The molecule has 0 radical (unpaired) electrons. The number of anilines is 1. The second-order valence-electron chi connectivity index (χ2n) is 19.6. The minimum absolute atomic E-state index is 0.152. The van der Waals surface area contributed by atoms with Crippen molar-refractivity contribution in [3.63, 3.8) is 0 Å². The van der Waals surface area contributed by atoms with Gasteiger partial charge >= 0.3 is 17.9 Å². The zero-order valence-electron chi connectivity index (χ0n) is 38.8. The summed E-state index contributed by atoms with van der Waals surface area (Å²) in [6.45, 7) is 8.58. The minimum atomic E-state index is -2.33. The third kappa shape index (κ3) is 5.89. The molecule has 3 N–H and O–H groups in total. The van der Waals surface area contributed by atoms with E-state index in [9.17, 15) is 19.5 Å². The lowest BCUT2D eigenvalue weighted by Gasteiger charge is -2.63. The van der Waals surface area contributed by atoms with Crippen molar-refractivity contribution in [3.05, 3.63) is 89.3 Å². The Balaban J connectivity index is 1.23. The van der Waals surface area contributed by atoms with E-state index in [0.717, 1.165) is 33.4 Å². The van der Waals surface area contributed by atoms with Crippen LogP contribution in [0.1, 0.15) is 85.7 Å². The van der Waals surface area contributed by atoms with Crippen molar-refractivity contribution in [3.8, 4) is 5.75 Å². The molecule has 16 nitrogen and oxygen atoms in total. The SMILES string of the molecule is CC[C@]1(NC(=O)c2cocn2)C[C@H]2CN(CCc3c([nH]c4ccccc34)[C@@](C(=O)OC)(c3cc4c(cc3OC)N(C)[C@H]3[C@@](O)(C(=O)OC)[C@H](OC(C)=O)[C@]5(CC)C=CCN6CC[C@]43[C@@H]65)C2)C1. The van der Waals surface area contributed by atoms with E-state index < -0.39 is 57.4 Å². The van der Waals surface area contributed by atoms with Gasteiger partial charge in [0.25, 0.3) is 5.91 Å². The third-order valence-corrected chi connectivity index (χ3v) is 16.7. The molecule has 1 unspecified atom stereocenters. The van der Waals surface area contributed by atoms with Crippen LogP contribution in [0.15, 0.2) is 65.6 Å². The average molecular weight is 905 g/mol. The van der Waals surface area contributed by atoms with Gasteiger partial charge in [0.2, 0.25) is 5.60 Å². The van der Waals surface area contributed by atoms with Crippen molar-refractivity contribution in [1.29, 1.82) is 0 Å². The molecule has 3 fully saturated rings. The number of likely N-dealkylation sites (N-methyl/N-ethyl adjacent to an activating group) is 1. The number of hydrogen-bond acceptors (Lipinski definition) is 14. The predicted octanol–water partition coefficient (Wildman–Crippen LogP) is 4.42. The number of para-hydroxylation sites is 1. The number of amides is 1. The molecule has 10 atom stereocenters. The van der Waals surface area contributed by atoms with Gasteiger partial charge < -0.3 is 48.6 Å². The third-order valence-electron chi connectivity index (χ3n) is 16.7. The molecule has 1 aliphatic carbocycles. The molecule has 5 aliphatic heterocycles. The smallest absolute Gasteiger partial charge is 0.344 e. The van der Waals surface area contributed by atoms with Crippen LogP contribution in [0.5, 0.6) is 5.75 Å². The number of aromatic nitrogens is 2. The number of aromatic amines is 1. The Morgan fingerprint density at radius 2 is 1.79 bits per heavy atom. The van der Waals surface area contributed by atoms with Gasteiger partial charge in [0.1, 0.15) is 17.4 Å². The molecule has 350 valence electrons. The van der Waals surface area contributed by atoms with E-state index in [2.05, 4.69) is 44.1 Å². The normalized spacial score (nSPS) is 34.2. The van der Waals surface area contributed by atoms with Crippen LogP contribution in [-0.4, -0.2) is 139 Å². The van der Waals surface area contributed by atoms with Gasteiger partial charge in [-0.1, -0.05) is 44.2 Å². The molecular formula is C50H60N6O10. The highest BCUT2D eigenvalue weighted by Gasteiger charge is 2.80. The lowest BCUT2D eigenvalue weighted by atomic mass is 9.47. The number of aliphatic hydroxyl groups is 1. The standard InChI is InChI=1S/C50H60N6O10/c1-8-46(53-40(58)36-26-65-28-51-36)23-30-24-49(44(59)63-6,39-32(15-19-55(25-30)27-46)31-13-10-11-14-35(31)52-39)34-21-33-37(22-38(34)62-5)54(4)42-48(33)17-20-56-18-12-16-47(9-2,41(48)56)43(66-29(3)57)50(42,61)45(60)64-7/h10-14,16,21-22,26,28,30,41-43,52,61H,8-9,15,17-20,23-25,27H2,1-7H3,(H,53,58)/t30-,41+,42-,43-,46+,47-,48-,49+,50+/m1/s1. The maximum atomic E-state index is 15.6. The van der Waals surface area contributed by atoms with E-state index >= 15 is 4.79 Å². The van der Waals surface area contributed by atoms with E-state index in [0.29, 0.717) is 76.1 Å². The number of piperidine rings is 1. The number of carbonyl (C=O) groups is 4. The Kier molecular flexibility index (Phi) is 10.5. The molecule has 4 aromatic rings. The first-order valence-corrected chi connectivity index (χ1v) is 23.2. The summed E-state index contributed by atoms with van der Waals surface area (Å²) in [6.07, 6.45) is 8.45. The number of ether oxygens (including phenoxy) is 4. The van der Waals surface area contributed by atoms with Crippen LogP contribution in [-0.2, 0) is 45.8 Å². The number of nitrogens with zero attached hydrogens (tertiary/aromatic N) is 4. The van der Waals surface area contributed by atoms with Gasteiger partial charge in [-0.15, -0.1) is 0 Å². The van der Waals surface area contributed by atoms with Crippen LogP contribution >= 0.6 is 0 Å². The van der Waals surface area contributed by atoms with Gasteiger partial charge in [0.15, 0.2) is 18.2 Å². The largest absolute Gasteiger partial charge is 0.496 e. The summed E-state index contributed by atoms with van der Waals surface area (Å²) >= 11 is 0. The number of H-pyrrole nitrogens is 1. The molecule has 1 spiro atoms. The van der Waals surface area contributed by atoms with E-state index in [-0.39, 0.29) is 30.0 Å². The van der Waals surface area contributed by atoms with E-state index in [1.807, 2.05) is 55.3 Å². The highest BCUT2D eigenvalue weighted by atomic mass is 16.6. The monoisotopic (exact) mass is 904 g/mol. The van der Waals surface area contributed by atoms with Crippen molar-refractivity contribution in [2.24, 2.45) is 11.3 Å². The van der Waals surface area contributed by atoms with Crippen molar-refractivity contribution in [2.75, 3.05) is 66.0 Å². The number of benzene rings is 2. The second kappa shape index (κ2) is 15.7. The van der Waals surface area contributed by atoms with Gasteiger partial charge in [0, 0.05) is 90.9 Å². The van der Waals surface area contributed by atoms with Crippen molar-refractivity contribution < 1.29 is 47.6 Å². The minimum Gasteiger partial charge on any atom is -0.496 e. The molecule has 10 rings (SSSR count). The lowest BCUT2D eigenvalue weighted by Crippen LogP contribution is -2.81. The Hall–Kier alpha value is -5.71. The fourth-order valence-electron chi connectivity index (χ4n) is 14.3. The number of rotatable bonds is 9. The topological polar surface area (TPSA) is 189 Å². The maximum absolute atomic E-state index is 15.6. The van der Waals surface area contributed by atoms with E-state index in [1.165, 1.54) is 33.8 Å². The Labute approximate surface area is 383 Å². The first-order valence-electron chi connectivity index (χ1n) is 23.2. The van der Waals surface area contributed by atoms with Crippen LogP contribution in [0.25, 0.3) is 10.9 Å². The first-order chi connectivity index (χ1) is 31.7. The molecule has 1 amide bonds. The molecule has 66 heavy (non-hydrogen) atoms. The van der Waals surface area contributed by atoms with Crippen molar-refractivity contribution in [1.82, 2.24) is 25.1 Å². The van der Waals surface area contributed by atoms with Gasteiger partial charge in [-0.3, -0.25) is 19.3 Å².